The number of hydrogen-bond acceptors (Lipinski definition) is 4. The standard InChI is InChI=1S/C15H16FNO3/c1-19-14-6-9(8-17)5-12(15(14)20-2)11-7-10(16)3-4-13(11)18/h3-7,18H,8,17H2,1-2H3. The lowest BCUT2D eigenvalue weighted by Gasteiger charge is -2.15. The molecule has 0 heterocycles. The van der Waals surface area contributed by atoms with Crippen LogP contribution in [0.3, 0.4) is 0 Å². The summed E-state index contributed by atoms with van der Waals surface area (Å²) < 4.78 is 24.0. The van der Waals surface area contributed by atoms with E-state index in [4.69, 9.17) is 15.2 Å². The Morgan fingerprint density at radius 3 is 2.45 bits per heavy atom. The summed E-state index contributed by atoms with van der Waals surface area (Å²) in [4.78, 5) is 0. The number of halogens is 1. The molecule has 0 aliphatic heterocycles. The van der Waals surface area contributed by atoms with Crippen molar-refractivity contribution < 1.29 is 19.0 Å². The topological polar surface area (TPSA) is 64.7 Å². The first-order valence-electron chi connectivity index (χ1n) is 6.04. The lowest BCUT2D eigenvalue weighted by atomic mass is 10.00. The summed E-state index contributed by atoms with van der Waals surface area (Å²) in [6.07, 6.45) is 0. The Balaban J connectivity index is 2.74. The number of phenolic OH excluding ortho intramolecular Hbond substituents is 1. The summed E-state index contributed by atoms with van der Waals surface area (Å²) in [5.41, 5.74) is 7.30. The maximum Gasteiger partial charge on any atom is 0.168 e. The zero-order chi connectivity index (χ0) is 14.7. The maximum atomic E-state index is 13.4. The van der Waals surface area contributed by atoms with Gasteiger partial charge in [-0.3, -0.25) is 0 Å². The van der Waals surface area contributed by atoms with Crippen LogP contribution in [-0.2, 0) is 6.54 Å². The number of aromatic hydroxyl groups is 1. The largest absolute Gasteiger partial charge is 0.507 e. The van der Waals surface area contributed by atoms with Crippen molar-refractivity contribution in [2.24, 2.45) is 5.73 Å². The normalized spacial score (nSPS) is 10.4. The molecular weight excluding hydrogens is 261 g/mol. The van der Waals surface area contributed by atoms with Crippen LogP contribution in [0.5, 0.6) is 17.2 Å². The molecule has 0 aliphatic carbocycles. The second-order valence-electron chi connectivity index (χ2n) is 4.24. The van der Waals surface area contributed by atoms with E-state index in [-0.39, 0.29) is 5.75 Å². The van der Waals surface area contributed by atoms with E-state index in [0.29, 0.717) is 29.2 Å². The van der Waals surface area contributed by atoms with Crippen LogP contribution in [-0.4, -0.2) is 19.3 Å². The maximum absolute atomic E-state index is 13.4. The van der Waals surface area contributed by atoms with Gasteiger partial charge in [-0.15, -0.1) is 0 Å². The van der Waals surface area contributed by atoms with Gasteiger partial charge < -0.3 is 20.3 Å². The Kier molecular flexibility index (Phi) is 4.10. The molecule has 0 radical (unpaired) electrons. The molecule has 2 aromatic rings. The SMILES string of the molecule is COc1cc(CN)cc(-c2cc(F)ccc2O)c1OC. The quantitative estimate of drug-likeness (QED) is 0.901. The first kappa shape index (κ1) is 14.1. The molecule has 0 atom stereocenters. The average molecular weight is 277 g/mol. The molecule has 3 N–H and O–H groups in total. The van der Waals surface area contributed by atoms with Gasteiger partial charge in [-0.25, -0.2) is 4.39 Å². The highest BCUT2D eigenvalue weighted by Gasteiger charge is 2.17. The molecule has 5 heteroatoms. The second-order valence-corrected chi connectivity index (χ2v) is 4.24. The highest BCUT2D eigenvalue weighted by Crippen LogP contribution is 2.42. The lowest BCUT2D eigenvalue weighted by Crippen LogP contribution is -2.00. The number of nitrogens with two attached hydrogens (primary N) is 1. The van der Waals surface area contributed by atoms with E-state index in [9.17, 15) is 9.50 Å². The number of phenols is 1. The molecule has 0 fully saturated rings. The molecule has 0 aliphatic rings. The summed E-state index contributed by atoms with van der Waals surface area (Å²) in [6, 6.07) is 7.22. The van der Waals surface area contributed by atoms with Crippen molar-refractivity contribution in [3.8, 4) is 28.4 Å². The molecule has 2 rings (SSSR count). The predicted molar refractivity (Wildman–Crippen MR) is 74.5 cm³/mol. The molecular formula is C15H16FNO3. The Labute approximate surface area is 116 Å². The van der Waals surface area contributed by atoms with Crippen LogP contribution < -0.4 is 15.2 Å². The number of rotatable bonds is 4. The van der Waals surface area contributed by atoms with Crippen molar-refractivity contribution in [2.45, 2.75) is 6.54 Å². The summed E-state index contributed by atoms with van der Waals surface area (Å²) in [7, 11) is 2.99. The molecule has 0 spiro atoms. The molecule has 106 valence electrons. The van der Waals surface area contributed by atoms with Gasteiger partial charge in [-0.2, -0.15) is 0 Å². The van der Waals surface area contributed by atoms with Crippen LogP contribution in [0, 0.1) is 5.82 Å². The van der Waals surface area contributed by atoms with Gasteiger partial charge in [-0.05, 0) is 35.9 Å². The number of ether oxygens (including phenoxy) is 2. The molecule has 0 aromatic heterocycles. The van der Waals surface area contributed by atoms with Crippen LogP contribution in [0.25, 0.3) is 11.1 Å². The number of methoxy groups -OCH3 is 2. The minimum absolute atomic E-state index is 0.0408. The molecule has 20 heavy (non-hydrogen) atoms. The lowest BCUT2D eigenvalue weighted by molar-refractivity contribution is 0.355. The van der Waals surface area contributed by atoms with E-state index < -0.39 is 5.82 Å². The Morgan fingerprint density at radius 2 is 1.85 bits per heavy atom. The van der Waals surface area contributed by atoms with E-state index in [2.05, 4.69) is 0 Å². The predicted octanol–water partition coefficient (Wildman–Crippen LogP) is 2.67. The molecule has 4 nitrogen and oxygen atoms in total. The smallest absolute Gasteiger partial charge is 0.168 e. The molecule has 0 saturated carbocycles. The minimum Gasteiger partial charge on any atom is -0.507 e. The first-order valence-corrected chi connectivity index (χ1v) is 6.04. The van der Waals surface area contributed by atoms with Crippen molar-refractivity contribution in [3.63, 3.8) is 0 Å². The van der Waals surface area contributed by atoms with Crippen molar-refractivity contribution in [2.75, 3.05) is 14.2 Å². The van der Waals surface area contributed by atoms with E-state index in [1.807, 2.05) is 0 Å². The van der Waals surface area contributed by atoms with Gasteiger partial charge >= 0.3 is 0 Å². The van der Waals surface area contributed by atoms with Crippen LogP contribution in [0.15, 0.2) is 30.3 Å². The van der Waals surface area contributed by atoms with Crippen LogP contribution in [0.1, 0.15) is 5.56 Å². The summed E-state index contributed by atoms with van der Waals surface area (Å²) in [5, 5.41) is 9.94. The van der Waals surface area contributed by atoms with Gasteiger partial charge in [0.05, 0.1) is 14.2 Å². The summed E-state index contributed by atoms with van der Waals surface area (Å²) in [6.45, 7) is 0.295. The zero-order valence-corrected chi connectivity index (χ0v) is 11.3. The highest BCUT2D eigenvalue weighted by atomic mass is 19.1. The Morgan fingerprint density at radius 1 is 1.10 bits per heavy atom. The van der Waals surface area contributed by atoms with Crippen molar-refractivity contribution in [1.82, 2.24) is 0 Å². The zero-order valence-electron chi connectivity index (χ0n) is 11.3. The Hall–Kier alpha value is -2.27. The molecule has 0 amide bonds. The average Bonchev–Trinajstić information content (AvgIpc) is 2.48. The van der Waals surface area contributed by atoms with Gasteiger partial charge in [0.2, 0.25) is 0 Å². The Bertz CT molecular complexity index is 629. The van der Waals surface area contributed by atoms with Crippen molar-refractivity contribution >= 4 is 0 Å². The third-order valence-corrected chi connectivity index (χ3v) is 3.02. The minimum atomic E-state index is -0.447. The van der Waals surface area contributed by atoms with Crippen LogP contribution in [0.2, 0.25) is 0 Å². The third-order valence-electron chi connectivity index (χ3n) is 3.02. The number of hydrogen-bond donors (Lipinski definition) is 2. The number of benzene rings is 2. The summed E-state index contributed by atoms with van der Waals surface area (Å²) >= 11 is 0. The monoisotopic (exact) mass is 277 g/mol. The fraction of sp³-hybridized carbons (Fsp3) is 0.200. The van der Waals surface area contributed by atoms with E-state index in [1.165, 1.54) is 32.4 Å². The van der Waals surface area contributed by atoms with Crippen LogP contribution in [0.4, 0.5) is 4.39 Å². The van der Waals surface area contributed by atoms with Gasteiger partial charge in [0, 0.05) is 17.7 Å². The van der Waals surface area contributed by atoms with Gasteiger partial charge in [0.25, 0.3) is 0 Å². The van der Waals surface area contributed by atoms with Crippen molar-refractivity contribution in [3.05, 3.63) is 41.7 Å². The molecule has 2 aromatic carbocycles. The van der Waals surface area contributed by atoms with Crippen LogP contribution >= 0.6 is 0 Å². The van der Waals surface area contributed by atoms with E-state index in [1.54, 1.807) is 12.1 Å². The van der Waals surface area contributed by atoms with E-state index in [0.717, 1.165) is 5.56 Å². The fourth-order valence-corrected chi connectivity index (χ4v) is 2.06. The van der Waals surface area contributed by atoms with Crippen molar-refractivity contribution in [1.29, 1.82) is 0 Å². The van der Waals surface area contributed by atoms with Gasteiger partial charge in [-0.1, -0.05) is 0 Å². The molecule has 0 saturated heterocycles. The van der Waals surface area contributed by atoms with E-state index >= 15 is 0 Å². The summed E-state index contributed by atoms with van der Waals surface area (Å²) in [5.74, 6) is 0.414. The van der Waals surface area contributed by atoms with Gasteiger partial charge in [0.1, 0.15) is 11.6 Å². The third kappa shape index (κ3) is 2.53. The molecule has 0 unspecified atom stereocenters. The highest BCUT2D eigenvalue weighted by molar-refractivity contribution is 5.79. The first-order chi connectivity index (χ1) is 9.60. The fourth-order valence-electron chi connectivity index (χ4n) is 2.06. The molecule has 0 bridgehead atoms. The van der Waals surface area contributed by atoms with Gasteiger partial charge in [0.15, 0.2) is 11.5 Å². The second kappa shape index (κ2) is 5.79.